The first-order valence-electron chi connectivity index (χ1n) is 14.8. The average Bonchev–Trinajstić information content (AvgIpc) is 3.26. The van der Waals surface area contributed by atoms with Gasteiger partial charge in [-0.05, 0) is 76.2 Å². The van der Waals surface area contributed by atoms with Gasteiger partial charge in [0.1, 0.15) is 12.1 Å². The molecule has 45 heavy (non-hydrogen) atoms. The third kappa shape index (κ3) is 6.61. The molecule has 0 aromatic heterocycles. The van der Waals surface area contributed by atoms with Crippen LogP contribution in [-0.2, 0) is 21.9 Å². The van der Waals surface area contributed by atoms with Gasteiger partial charge in [-0.25, -0.2) is 0 Å². The van der Waals surface area contributed by atoms with Crippen molar-refractivity contribution in [2.45, 2.75) is 49.6 Å². The van der Waals surface area contributed by atoms with Crippen molar-refractivity contribution in [1.82, 2.24) is 19.6 Å². The molecule has 0 aliphatic carbocycles. The molecule has 0 unspecified atom stereocenters. The van der Waals surface area contributed by atoms with Crippen LogP contribution in [-0.4, -0.2) is 102 Å². The van der Waals surface area contributed by atoms with E-state index in [4.69, 9.17) is 0 Å². The lowest BCUT2D eigenvalue weighted by molar-refractivity contribution is -0.143. The smallest absolute Gasteiger partial charge is 0.341 e. The first-order chi connectivity index (χ1) is 21.1. The van der Waals surface area contributed by atoms with Gasteiger partial charge in [-0.3, -0.25) is 14.4 Å². The lowest BCUT2D eigenvalue weighted by Crippen LogP contribution is -2.57. The van der Waals surface area contributed by atoms with Crippen LogP contribution in [0, 0.1) is 0 Å². The number of para-hydroxylation sites is 1. The molecule has 0 atom stereocenters. The molecule has 5 rings (SSSR count). The van der Waals surface area contributed by atoms with E-state index < -0.39 is 40.5 Å². The molecule has 0 radical (unpaired) electrons. The molecule has 0 N–H and O–H groups in total. The van der Waals surface area contributed by atoms with Gasteiger partial charge in [0.2, 0.25) is 5.91 Å². The Hall–Kier alpha value is -3.81. The number of nitrogens with zero attached hydrogens (tertiary/aromatic N) is 5. The van der Waals surface area contributed by atoms with E-state index in [9.17, 15) is 40.7 Å². The minimum absolute atomic E-state index is 0.0169. The fourth-order valence-corrected chi connectivity index (χ4v) is 6.52. The van der Waals surface area contributed by atoms with Gasteiger partial charge >= 0.3 is 12.4 Å². The standard InChI is InChI=1S/C31H35F6N5O3/c1-38-12-8-24(9-13-38)39(2)26(43)19-41-20-42(25-6-4-3-5-7-25)29(28(41)45)10-14-40(15-11-29)27(44)21-16-22(30(32,33)34)18-23(17-21)31(35,36)37/h3-7,16-18,24H,8-15,19-20H2,1-2H3. The third-order valence-electron chi connectivity index (χ3n) is 9.25. The van der Waals surface area contributed by atoms with Crippen molar-refractivity contribution in [1.29, 1.82) is 0 Å². The normalized spacial score (nSPS) is 19.8. The fourth-order valence-electron chi connectivity index (χ4n) is 6.52. The summed E-state index contributed by atoms with van der Waals surface area (Å²) in [6.07, 6.45) is -8.37. The number of benzene rings is 2. The highest BCUT2D eigenvalue weighted by Crippen LogP contribution is 2.41. The summed E-state index contributed by atoms with van der Waals surface area (Å²) in [5, 5.41) is 0. The lowest BCUT2D eigenvalue weighted by atomic mass is 9.85. The highest BCUT2D eigenvalue weighted by Gasteiger charge is 2.54. The summed E-state index contributed by atoms with van der Waals surface area (Å²) >= 11 is 0. The quantitative estimate of drug-likeness (QED) is 0.449. The maximum atomic E-state index is 14.1. The zero-order valence-electron chi connectivity index (χ0n) is 25.0. The molecule has 3 aliphatic heterocycles. The number of likely N-dealkylation sites (N-methyl/N-ethyl adjacent to an activating group) is 1. The number of amides is 3. The third-order valence-corrected chi connectivity index (χ3v) is 9.25. The first kappa shape index (κ1) is 32.6. The van der Waals surface area contributed by atoms with Crippen LogP contribution in [0.2, 0.25) is 0 Å². The van der Waals surface area contributed by atoms with Gasteiger partial charge in [0.05, 0.1) is 17.8 Å². The van der Waals surface area contributed by atoms with Crippen LogP contribution in [0.1, 0.15) is 47.2 Å². The number of carbonyl (C=O) groups is 3. The van der Waals surface area contributed by atoms with Crippen molar-refractivity contribution in [3.63, 3.8) is 0 Å². The van der Waals surface area contributed by atoms with Crippen LogP contribution in [0.25, 0.3) is 0 Å². The minimum Gasteiger partial charge on any atom is -0.341 e. The van der Waals surface area contributed by atoms with E-state index in [1.165, 1.54) is 9.80 Å². The molecular weight excluding hydrogens is 604 g/mol. The van der Waals surface area contributed by atoms with Crippen molar-refractivity contribution < 1.29 is 40.7 Å². The van der Waals surface area contributed by atoms with Crippen LogP contribution in [0.15, 0.2) is 48.5 Å². The van der Waals surface area contributed by atoms with Crippen molar-refractivity contribution in [3.8, 4) is 0 Å². The number of hydrogen-bond acceptors (Lipinski definition) is 5. The Morgan fingerprint density at radius 2 is 1.44 bits per heavy atom. The summed E-state index contributed by atoms with van der Waals surface area (Å²) in [7, 11) is 3.77. The van der Waals surface area contributed by atoms with Gasteiger partial charge in [0.25, 0.3) is 11.8 Å². The van der Waals surface area contributed by atoms with Crippen LogP contribution in [0.4, 0.5) is 32.0 Å². The molecule has 14 heteroatoms. The molecule has 3 saturated heterocycles. The fraction of sp³-hybridized carbons (Fsp3) is 0.516. The van der Waals surface area contributed by atoms with Gasteiger partial charge in [-0.15, -0.1) is 0 Å². The summed E-state index contributed by atoms with van der Waals surface area (Å²) in [4.78, 5) is 49.1. The molecule has 3 amide bonds. The van der Waals surface area contributed by atoms with Gasteiger partial charge in [0.15, 0.2) is 0 Å². The van der Waals surface area contributed by atoms with Crippen LogP contribution in [0.5, 0.6) is 0 Å². The molecular formula is C31H35F6N5O3. The van der Waals surface area contributed by atoms with Gasteiger partial charge in [-0.1, -0.05) is 18.2 Å². The summed E-state index contributed by atoms with van der Waals surface area (Å²) in [6, 6.07) is 9.97. The van der Waals surface area contributed by atoms with Crippen molar-refractivity contribution in [3.05, 3.63) is 65.2 Å². The molecule has 3 heterocycles. The maximum absolute atomic E-state index is 14.1. The maximum Gasteiger partial charge on any atom is 0.416 e. The van der Waals surface area contributed by atoms with Crippen molar-refractivity contribution in [2.75, 3.05) is 58.4 Å². The van der Waals surface area contributed by atoms with E-state index in [0.29, 0.717) is 12.1 Å². The molecule has 1 spiro atoms. The summed E-state index contributed by atoms with van der Waals surface area (Å²) in [6.45, 7) is 1.55. The van der Waals surface area contributed by atoms with Gasteiger partial charge in [0, 0.05) is 37.4 Å². The molecule has 244 valence electrons. The van der Waals surface area contributed by atoms with E-state index in [0.717, 1.165) is 31.6 Å². The molecule has 0 saturated carbocycles. The average molecular weight is 640 g/mol. The Kier molecular flexibility index (Phi) is 8.82. The number of carbonyl (C=O) groups excluding carboxylic acids is 3. The van der Waals surface area contributed by atoms with E-state index in [2.05, 4.69) is 4.90 Å². The van der Waals surface area contributed by atoms with E-state index in [1.54, 1.807) is 24.1 Å². The SMILES string of the molecule is CN1CCC(N(C)C(=O)CN2CN(c3ccccc3)C3(CCN(C(=O)c4cc(C(F)(F)F)cc(C(F)(F)F)c4)CC3)C2=O)CC1. The van der Waals surface area contributed by atoms with Gasteiger partial charge in [-0.2, -0.15) is 26.3 Å². The topological polar surface area (TPSA) is 67.4 Å². The van der Waals surface area contributed by atoms with Crippen LogP contribution in [0.3, 0.4) is 0 Å². The van der Waals surface area contributed by atoms with Crippen molar-refractivity contribution in [2.24, 2.45) is 0 Å². The molecule has 2 aromatic carbocycles. The number of halogens is 6. The minimum atomic E-state index is -5.09. The van der Waals surface area contributed by atoms with Crippen LogP contribution >= 0.6 is 0 Å². The second kappa shape index (κ2) is 12.2. The highest BCUT2D eigenvalue weighted by atomic mass is 19.4. The summed E-state index contributed by atoms with van der Waals surface area (Å²) in [5.74, 6) is -1.48. The monoisotopic (exact) mass is 639 g/mol. The molecule has 3 aliphatic rings. The van der Waals surface area contributed by atoms with Crippen molar-refractivity contribution >= 4 is 23.4 Å². The Bertz CT molecular complexity index is 1380. The highest BCUT2D eigenvalue weighted by molar-refractivity contribution is 5.98. The summed E-state index contributed by atoms with van der Waals surface area (Å²) < 4.78 is 80.5. The zero-order valence-corrected chi connectivity index (χ0v) is 25.0. The molecule has 2 aromatic rings. The first-order valence-corrected chi connectivity index (χ1v) is 14.8. The van der Waals surface area contributed by atoms with E-state index in [1.807, 2.05) is 30.1 Å². The number of alkyl halides is 6. The number of likely N-dealkylation sites (tertiary alicyclic amines) is 2. The molecule has 3 fully saturated rings. The van der Waals surface area contributed by atoms with E-state index >= 15 is 0 Å². The van der Waals surface area contributed by atoms with Gasteiger partial charge < -0.3 is 24.5 Å². The molecule has 8 nitrogen and oxygen atoms in total. The second-order valence-electron chi connectivity index (χ2n) is 12.1. The lowest BCUT2D eigenvalue weighted by Gasteiger charge is -2.43. The second-order valence-corrected chi connectivity index (χ2v) is 12.1. The number of rotatable bonds is 5. The Labute approximate surface area is 257 Å². The largest absolute Gasteiger partial charge is 0.416 e. The predicted molar refractivity (Wildman–Crippen MR) is 153 cm³/mol. The molecule has 0 bridgehead atoms. The van der Waals surface area contributed by atoms with Crippen LogP contribution < -0.4 is 4.90 Å². The zero-order chi connectivity index (χ0) is 32.7. The number of hydrogen-bond donors (Lipinski definition) is 0. The predicted octanol–water partition coefficient (Wildman–Crippen LogP) is 4.56. The summed E-state index contributed by atoms with van der Waals surface area (Å²) in [5.41, 5.74) is -4.29. The Morgan fingerprint density at radius 1 is 0.889 bits per heavy atom. The number of anilines is 1. The Morgan fingerprint density at radius 3 is 1.98 bits per heavy atom. The Balaban J connectivity index is 1.35. The number of piperidine rings is 2. The van der Waals surface area contributed by atoms with E-state index in [-0.39, 0.29) is 63.1 Å².